The molecule has 0 aliphatic heterocycles. The van der Waals surface area contributed by atoms with E-state index in [2.05, 4.69) is 19.4 Å². The van der Waals surface area contributed by atoms with Crippen molar-refractivity contribution in [2.45, 2.75) is 26.2 Å². The summed E-state index contributed by atoms with van der Waals surface area (Å²) in [7, 11) is 3.26. The molecule has 1 unspecified atom stereocenters. The van der Waals surface area contributed by atoms with Crippen molar-refractivity contribution in [1.29, 1.82) is 0 Å². The van der Waals surface area contributed by atoms with Crippen LogP contribution in [0.3, 0.4) is 0 Å². The Morgan fingerprint density at radius 2 is 1.63 bits per heavy atom. The van der Waals surface area contributed by atoms with Gasteiger partial charge in [-0.05, 0) is 29.2 Å². The van der Waals surface area contributed by atoms with E-state index in [-0.39, 0.29) is 40.0 Å². The average Bonchev–Trinajstić information content (AvgIpc) is 3.01. The van der Waals surface area contributed by atoms with Crippen molar-refractivity contribution >= 4 is 40.1 Å². The molecule has 1 aromatic heterocycles. The van der Waals surface area contributed by atoms with Crippen LogP contribution in [0.1, 0.15) is 36.7 Å². The van der Waals surface area contributed by atoms with Crippen molar-refractivity contribution in [3.05, 3.63) is 53.6 Å². The van der Waals surface area contributed by atoms with Gasteiger partial charge in [0.15, 0.2) is 16.9 Å². The highest BCUT2D eigenvalue weighted by molar-refractivity contribution is 7.14. The molecule has 158 valence electrons. The number of benzene rings is 2. The number of carbonyl (C=O) groups excluding carboxylic acids is 1. The number of anilines is 4. The topological polar surface area (TPSA) is 113 Å². The molecule has 0 bridgehead atoms. The van der Waals surface area contributed by atoms with Gasteiger partial charge in [0.2, 0.25) is 11.6 Å². The Morgan fingerprint density at radius 1 is 1.03 bits per heavy atom. The first kappa shape index (κ1) is 21.5. The summed E-state index contributed by atoms with van der Waals surface area (Å²) >= 11 is -1.78. The monoisotopic (exact) mass is 427 g/mol. The number of hydrogen-bond acceptors (Lipinski definition) is 7. The Kier molecular flexibility index (Phi) is 5.95. The van der Waals surface area contributed by atoms with Crippen LogP contribution in [0.15, 0.2) is 42.5 Å². The van der Waals surface area contributed by atoms with Gasteiger partial charge in [0.1, 0.15) is 0 Å². The van der Waals surface area contributed by atoms with Crippen LogP contribution in [0.4, 0.5) is 23.0 Å². The van der Waals surface area contributed by atoms with Gasteiger partial charge in [0.05, 0.1) is 11.3 Å². The molecule has 0 saturated heterocycles. The number of para-hydroxylation sites is 1. The lowest BCUT2D eigenvalue weighted by Gasteiger charge is -2.25. The third-order valence-corrected chi connectivity index (χ3v) is 5.14. The number of phenols is 1. The van der Waals surface area contributed by atoms with Crippen LogP contribution >= 0.6 is 11.1 Å². The molecule has 0 radical (unpaired) electrons. The minimum atomic E-state index is -1.78. The molecule has 1 amide bonds. The standard InChI is InChI=1S/C21H25N5O3S/c1-21(2,3)14-11-12-15(17(27)16(14)20(28)26(4)5)23-19-18(24-30(29)25-19)22-13-9-7-6-8-10-13/h6-12,27H,1-5H3,(H,22,24)(H,23,25). The summed E-state index contributed by atoms with van der Waals surface area (Å²) in [6.45, 7) is 5.92. The van der Waals surface area contributed by atoms with E-state index < -0.39 is 11.1 Å². The van der Waals surface area contributed by atoms with Gasteiger partial charge < -0.3 is 25.2 Å². The van der Waals surface area contributed by atoms with Crippen molar-refractivity contribution in [3.63, 3.8) is 0 Å². The molecule has 8 nitrogen and oxygen atoms in total. The van der Waals surface area contributed by atoms with Crippen LogP contribution < -0.4 is 10.6 Å². The number of nitrogens with one attached hydrogen (secondary N) is 2. The summed E-state index contributed by atoms with van der Waals surface area (Å²) in [6, 6.07) is 12.7. The fourth-order valence-corrected chi connectivity index (χ4v) is 3.59. The van der Waals surface area contributed by atoms with Crippen LogP contribution in [-0.4, -0.2) is 43.3 Å². The molecule has 0 spiro atoms. The number of phenolic OH excluding ortho intramolecular Hbond substituents is 1. The maximum Gasteiger partial charge on any atom is 0.257 e. The van der Waals surface area contributed by atoms with Crippen LogP contribution in [0.2, 0.25) is 0 Å². The van der Waals surface area contributed by atoms with Gasteiger partial charge in [0, 0.05) is 28.5 Å². The van der Waals surface area contributed by atoms with Crippen molar-refractivity contribution in [3.8, 4) is 5.75 Å². The number of carbonyl (C=O) groups is 1. The zero-order valence-electron chi connectivity index (χ0n) is 17.6. The third-order valence-electron chi connectivity index (χ3n) is 4.46. The molecule has 2 aromatic carbocycles. The highest BCUT2D eigenvalue weighted by Gasteiger charge is 2.28. The molecule has 9 heteroatoms. The first-order valence-corrected chi connectivity index (χ1v) is 10.4. The maximum atomic E-state index is 12.8. The van der Waals surface area contributed by atoms with Gasteiger partial charge >= 0.3 is 0 Å². The Balaban J connectivity index is 2.02. The normalized spacial score (nSPS) is 11.9. The van der Waals surface area contributed by atoms with Crippen molar-refractivity contribution in [2.24, 2.45) is 0 Å². The van der Waals surface area contributed by atoms with Gasteiger partial charge in [-0.15, -0.1) is 0 Å². The molecular formula is C21H25N5O3S. The van der Waals surface area contributed by atoms with E-state index in [1.54, 1.807) is 26.2 Å². The zero-order chi connectivity index (χ0) is 22.1. The predicted molar refractivity (Wildman–Crippen MR) is 119 cm³/mol. The number of nitrogens with zero attached hydrogens (tertiary/aromatic N) is 3. The number of hydrogen-bond donors (Lipinski definition) is 3. The van der Waals surface area contributed by atoms with Gasteiger partial charge in [0.25, 0.3) is 5.91 Å². The summed E-state index contributed by atoms with van der Waals surface area (Å²) in [5.41, 5.74) is 1.60. The Labute approximate surface area is 178 Å². The molecule has 0 fully saturated rings. The van der Waals surface area contributed by atoms with E-state index in [1.165, 1.54) is 4.90 Å². The van der Waals surface area contributed by atoms with E-state index in [0.29, 0.717) is 0 Å². The number of amides is 1. The lowest BCUT2D eigenvalue weighted by Crippen LogP contribution is -2.26. The predicted octanol–water partition coefficient (Wildman–Crippen LogP) is 4.40. The quantitative estimate of drug-likeness (QED) is 0.408. The lowest BCUT2D eigenvalue weighted by molar-refractivity contribution is 0.0822. The van der Waals surface area contributed by atoms with Gasteiger partial charge in [-0.1, -0.05) is 45.0 Å². The molecule has 3 aromatic rings. The maximum absolute atomic E-state index is 12.8. The average molecular weight is 428 g/mol. The fourth-order valence-electron chi connectivity index (χ4n) is 2.97. The van der Waals surface area contributed by atoms with Crippen molar-refractivity contribution in [1.82, 2.24) is 13.6 Å². The van der Waals surface area contributed by atoms with E-state index in [0.717, 1.165) is 11.3 Å². The second-order valence-corrected chi connectivity index (χ2v) is 8.89. The highest BCUT2D eigenvalue weighted by Crippen LogP contribution is 2.39. The largest absolute Gasteiger partial charge is 0.546 e. The molecule has 30 heavy (non-hydrogen) atoms. The molecule has 1 heterocycles. The van der Waals surface area contributed by atoms with Crippen LogP contribution in [0.5, 0.6) is 5.75 Å². The summed E-state index contributed by atoms with van der Waals surface area (Å²) < 4.78 is 19.9. The lowest BCUT2D eigenvalue weighted by atomic mass is 9.82. The fraction of sp³-hybridized carbons (Fsp3) is 0.286. The summed E-state index contributed by atoms with van der Waals surface area (Å²) in [4.78, 5) is 14.2. The van der Waals surface area contributed by atoms with Crippen LogP contribution in [0.25, 0.3) is 0 Å². The molecule has 1 atom stereocenters. The van der Waals surface area contributed by atoms with Gasteiger partial charge in [-0.2, -0.15) is 0 Å². The number of aromatic nitrogens is 2. The van der Waals surface area contributed by atoms with E-state index in [4.69, 9.17) is 0 Å². The molecule has 0 aliphatic rings. The molecular weight excluding hydrogens is 402 g/mol. The van der Waals surface area contributed by atoms with Crippen molar-refractivity contribution < 1.29 is 14.5 Å². The minimum absolute atomic E-state index is 0.194. The molecule has 3 N–H and O–H groups in total. The molecule has 0 aliphatic carbocycles. The Morgan fingerprint density at radius 3 is 2.20 bits per heavy atom. The van der Waals surface area contributed by atoms with E-state index in [9.17, 15) is 14.5 Å². The third kappa shape index (κ3) is 4.52. The van der Waals surface area contributed by atoms with Crippen LogP contribution in [0, 0.1) is 0 Å². The molecule has 3 rings (SSSR count). The second kappa shape index (κ2) is 8.29. The van der Waals surface area contributed by atoms with Crippen LogP contribution in [-0.2, 0) is 5.41 Å². The number of rotatable bonds is 5. The van der Waals surface area contributed by atoms with E-state index in [1.807, 2.05) is 51.1 Å². The van der Waals surface area contributed by atoms with Gasteiger partial charge in [-0.3, -0.25) is 4.79 Å². The second-order valence-electron chi connectivity index (χ2n) is 8.06. The van der Waals surface area contributed by atoms with Crippen molar-refractivity contribution in [2.75, 3.05) is 24.7 Å². The first-order chi connectivity index (χ1) is 14.1. The zero-order valence-corrected chi connectivity index (χ0v) is 18.4. The SMILES string of the molecule is CN(C)C(=O)c1c(C(C)(C)C)ccc(Nc2n[s+]([O-])nc2Nc2ccccc2)c1O. The summed E-state index contributed by atoms with van der Waals surface area (Å²) in [6.07, 6.45) is 0. The minimum Gasteiger partial charge on any atom is -0.546 e. The summed E-state index contributed by atoms with van der Waals surface area (Å²) in [5, 5.41) is 17.0. The highest BCUT2D eigenvalue weighted by atomic mass is 32.2. The van der Waals surface area contributed by atoms with Gasteiger partial charge in [-0.25, -0.2) is 0 Å². The Bertz CT molecular complexity index is 1060. The molecule has 0 saturated carbocycles. The number of aromatic hydroxyl groups is 1. The van der Waals surface area contributed by atoms with E-state index >= 15 is 0 Å². The first-order valence-electron chi connectivity index (χ1n) is 9.35. The smallest absolute Gasteiger partial charge is 0.257 e. The Hall–Kier alpha value is -3.17. The summed E-state index contributed by atoms with van der Waals surface area (Å²) in [5.74, 6) is -0.0200.